The van der Waals surface area contributed by atoms with E-state index in [-0.39, 0.29) is 0 Å². The van der Waals surface area contributed by atoms with E-state index in [0.717, 1.165) is 31.5 Å². The van der Waals surface area contributed by atoms with Crippen molar-refractivity contribution in [3.63, 3.8) is 0 Å². The average molecular weight is 267 g/mol. The lowest BCUT2D eigenvalue weighted by Gasteiger charge is -1.98. The Balaban J connectivity index is 0. The van der Waals surface area contributed by atoms with E-state index < -0.39 is 5.97 Å². The van der Waals surface area contributed by atoms with Crippen molar-refractivity contribution in [2.75, 3.05) is 13.2 Å². The van der Waals surface area contributed by atoms with E-state index in [9.17, 15) is 0 Å². The number of rotatable bonds is 1. The van der Waals surface area contributed by atoms with Crippen LogP contribution in [0.15, 0.2) is 35.3 Å². The number of aliphatic carboxylic acids is 1. The molecule has 0 saturated carbocycles. The molecular weight excluding hydrogens is 242 g/mol. The summed E-state index contributed by atoms with van der Waals surface area (Å²) in [5.41, 5.74) is 1.07. The molecule has 1 aliphatic heterocycles. The molecular formula is C15H25NO3. The second kappa shape index (κ2) is 14.2. The van der Waals surface area contributed by atoms with Crippen LogP contribution < -0.4 is 0 Å². The Kier molecular flexibility index (Phi) is 14.6. The van der Waals surface area contributed by atoms with E-state index in [1.54, 1.807) is 0 Å². The van der Waals surface area contributed by atoms with Gasteiger partial charge in [0, 0.05) is 12.5 Å². The van der Waals surface area contributed by atoms with Crippen LogP contribution >= 0.6 is 0 Å². The summed E-state index contributed by atoms with van der Waals surface area (Å²) in [5, 5.41) is 7.42. The molecule has 1 N–H and O–H groups in total. The van der Waals surface area contributed by atoms with E-state index in [4.69, 9.17) is 14.6 Å². The van der Waals surface area contributed by atoms with Gasteiger partial charge in [-0.25, -0.2) is 4.99 Å². The van der Waals surface area contributed by atoms with Gasteiger partial charge in [0.05, 0.1) is 6.54 Å². The average Bonchev–Trinajstić information content (AvgIpc) is 2.98. The van der Waals surface area contributed by atoms with Gasteiger partial charge in [0.15, 0.2) is 0 Å². The smallest absolute Gasteiger partial charge is 0.300 e. The zero-order valence-electron chi connectivity index (χ0n) is 12.5. The molecule has 0 aliphatic carbocycles. The van der Waals surface area contributed by atoms with E-state index in [0.29, 0.717) is 0 Å². The number of hydrogen-bond donors (Lipinski definition) is 1. The maximum absolute atomic E-state index is 9.00. The Morgan fingerprint density at radius 2 is 1.63 bits per heavy atom. The molecule has 1 heterocycles. The summed E-state index contributed by atoms with van der Waals surface area (Å²) in [5.74, 6) is -0.0504. The van der Waals surface area contributed by atoms with Gasteiger partial charge in [0.25, 0.3) is 5.97 Å². The second-order valence-corrected chi connectivity index (χ2v) is 2.92. The Morgan fingerprint density at radius 1 is 1.16 bits per heavy atom. The quantitative estimate of drug-likeness (QED) is 0.845. The highest BCUT2D eigenvalue weighted by atomic mass is 16.5. The minimum atomic E-state index is -0.833. The number of benzene rings is 1. The number of nitrogens with zero attached hydrogens (tertiary/aromatic N) is 1. The van der Waals surface area contributed by atoms with Crippen LogP contribution in [0.4, 0.5) is 0 Å². The van der Waals surface area contributed by atoms with Crippen LogP contribution in [-0.2, 0) is 9.53 Å². The van der Waals surface area contributed by atoms with Crippen LogP contribution in [0.25, 0.3) is 0 Å². The lowest BCUT2D eigenvalue weighted by molar-refractivity contribution is -0.134. The standard InChI is InChI=1S/C9H9NO.C2H4O2.2C2H6/c1-2-4-8(5-3-1)9-10-6-7-11-9;1-2(3)4;2*1-2/h1-5H,6-7H2;1H3,(H,3,4);2*1-2H3. The third kappa shape index (κ3) is 11.0. The molecule has 4 nitrogen and oxygen atoms in total. The molecule has 2 rings (SSSR count). The van der Waals surface area contributed by atoms with E-state index >= 15 is 0 Å². The zero-order chi connectivity index (χ0) is 15.1. The van der Waals surface area contributed by atoms with Gasteiger partial charge >= 0.3 is 0 Å². The van der Waals surface area contributed by atoms with Crippen molar-refractivity contribution < 1.29 is 14.6 Å². The lowest BCUT2D eigenvalue weighted by Crippen LogP contribution is -1.99. The number of carbonyl (C=O) groups is 1. The number of hydrogen-bond acceptors (Lipinski definition) is 3. The van der Waals surface area contributed by atoms with Gasteiger partial charge in [-0.15, -0.1) is 0 Å². The molecule has 0 unspecified atom stereocenters. The third-order valence-corrected chi connectivity index (χ3v) is 1.61. The minimum Gasteiger partial charge on any atom is -0.481 e. The molecule has 1 aromatic carbocycles. The molecule has 0 amide bonds. The fourth-order valence-corrected chi connectivity index (χ4v) is 1.09. The first kappa shape index (κ1) is 19.5. The van der Waals surface area contributed by atoms with Gasteiger partial charge < -0.3 is 9.84 Å². The minimum absolute atomic E-state index is 0.726. The van der Waals surface area contributed by atoms with E-state index in [1.807, 2.05) is 58.0 Å². The Bertz CT molecular complexity index is 344. The van der Waals surface area contributed by atoms with Gasteiger partial charge in [-0.05, 0) is 12.1 Å². The van der Waals surface area contributed by atoms with Crippen LogP contribution in [0.1, 0.15) is 40.2 Å². The molecule has 0 spiro atoms. The largest absolute Gasteiger partial charge is 0.481 e. The summed E-state index contributed by atoms with van der Waals surface area (Å²) in [7, 11) is 0. The number of carboxylic acids is 1. The first-order chi connectivity index (χ1) is 9.20. The van der Waals surface area contributed by atoms with E-state index in [1.165, 1.54) is 0 Å². The van der Waals surface area contributed by atoms with Crippen LogP contribution in [0, 0.1) is 0 Å². The Morgan fingerprint density at radius 3 is 2.00 bits per heavy atom. The van der Waals surface area contributed by atoms with Crippen molar-refractivity contribution in [3.8, 4) is 0 Å². The fourth-order valence-electron chi connectivity index (χ4n) is 1.09. The van der Waals surface area contributed by atoms with Crippen LogP contribution in [0.2, 0.25) is 0 Å². The Hall–Kier alpha value is -1.84. The summed E-state index contributed by atoms with van der Waals surface area (Å²) in [6.45, 7) is 10.6. The molecule has 1 aliphatic rings. The SMILES string of the molecule is CC.CC.CC(=O)O.c1ccc(C2=NCCO2)cc1. The molecule has 108 valence electrons. The zero-order valence-corrected chi connectivity index (χ0v) is 12.5. The van der Waals surface area contributed by atoms with Crippen molar-refractivity contribution in [3.05, 3.63) is 35.9 Å². The summed E-state index contributed by atoms with van der Waals surface area (Å²) >= 11 is 0. The third-order valence-electron chi connectivity index (χ3n) is 1.61. The monoisotopic (exact) mass is 267 g/mol. The number of carboxylic acid groups (broad SMARTS) is 1. The highest BCUT2D eigenvalue weighted by Crippen LogP contribution is 2.06. The lowest BCUT2D eigenvalue weighted by atomic mass is 10.2. The molecule has 0 saturated heterocycles. The van der Waals surface area contributed by atoms with Crippen molar-refractivity contribution in [2.24, 2.45) is 4.99 Å². The molecule has 4 heteroatoms. The number of aliphatic imine (C=N–C) groups is 1. The summed E-state index contributed by atoms with van der Waals surface area (Å²) < 4.78 is 5.29. The highest BCUT2D eigenvalue weighted by molar-refractivity contribution is 5.94. The summed E-state index contributed by atoms with van der Waals surface area (Å²) in [6, 6.07) is 9.96. The molecule has 1 aromatic rings. The van der Waals surface area contributed by atoms with Gasteiger partial charge in [-0.1, -0.05) is 45.9 Å². The highest BCUT2D eigenvalue weighted by Gasteiger charge is 2.07. The predicted molar refractivity (Wildman–Crippen MR) is 79.8 cm³/mol. The maximum Gasteiger partial charge on any atom is 0.300 e. The van der Waals surface area contributed by atoms with Crippen molar-refractivity contribution >= 4 is 11.9 Å². The first-order valence-corrected chi connectivity index (χ1v) is 6.62. The van der Waals surface area contributed by atoms with Crippen LogP contribution in [0.3, 0.4) is 0 Å². The molecule has 0 fully saturated rings. The molecule has 0 bridgehead atoms. The summed E-state index contributed by atoms with van der Waals surface area (Å²) in [4.78, 5) is 13.2. The molecule has 0 atom stereocenters. The molecule has 0 radical (unpaired) electrons. The van der Waals surface area contributed by atoms with Gasteiger partial charge in [0.2, 0.25) is 5.90 Å². The Labute approximate surface area is 116 Å². The second-order valence-electron chi connectivity index (χ2n) is 2.92. The summed E-state index contributed by atoms with van der Waals surface area (Å²) in [6.07, 6.45) is 0. The van der Waals surface area contributed by atoms with Crippen LogP contribution in [-0.4, -0.2) is 30.1 Å². The normalized spacial score (nSPS) is 11.1. The number of ether oxygens (including phenoxy) is 1. The first-order valence-electron chi connectivity index (χ1n) is 6.62. The van der Waals surface area contributed by atoms with Crippen molar-refractivity contribution in [2.45, 2.75) is 34.6 Å². The molecule has 0 aromatic heterocycles. The van der Waals surface area contributed by atoms with Crippen LogP contribution in [0.5, 0.6) is 0 Å². The fraction of sp³-hybridized carbons (Fsp3) is 0.467. The van der Waals surface area contributed by atoms with Gasteiger partial charge in [-0.2, -0.15) is 0 Å². The van der Waals surface area contributed by atoms with E-state index in [2.05, 4.69) is 4.99 Å². The van der Waals surface area contributed by atoms with Gasteiger partial charge in [-0.3, -0.25) is 4.79 Å². The van der Waals surface area contributed by atoms with Gasteiger partial charge in [0.1, 0.15) is 6.61 Å². The topological polar surface area (TPSA) is 58.9 Å². The van der Waals surface area contributed by atoms with Crippen molar-refractivity contribution in [1.29, 1.82) is 0 Å². The molecule has 19 heavy (non-hydrogen) atoms. The van der Waals surface area contributed by atoms with Crippen molar-refractivity contribution in [1.82, 2.24) is 0 Å². The maximum atomic E-state index is 9.00. The predicted octanol–water partition coefficient (Wildman–Crippen LogP) is 3.61.